The van der Waals surface area contributed by atoms with Crippen LogP contribution in [0.3, 0.4) is 0 Å². The summed E-state index contributed by atoms with van der Waals surface area (Å²) in [5.41, 5.74) is 0.484. The number of unbranched alkanes of at least 4 members (excludes halogenated alkanes) is 1. The molecule has 6 nitrogen and oxygen atoms in total. The number of hydrogen-bond donors (Lipinski definition) is 1. The highest BCUT2D eigenvalue weighted by Gasteiger charge is 2.27. The van der Waals surface area contributed by atoms with Gasteiger partial charge < -0.3 is 14.8 Å². The molecule has 0 aliphatic carbocycles. The van der Waals surface area contributed by atoms with E-state index in [1.54, 1.807) is 17.4 Å². The van der Waals surface area contributed by atoms with E-state index in [4.69, 9.17) is 0 Å². The van der Waals surface area contributed by atoms with E-state index in [0.29, 0.717) is 38.0 Å². The molecule has 7 heteroatoms. The van der Waals surface area contributed by atoms with Crippen molar-refractivity contribution in [1.29, 1.82) is 0 Å². The van der Waals surface area contributed by atoms with Crippen LogP contribution < -0.4 is 5.32 Å². The van der Waals surface area contributed by atoms with Gasteiger partial charge in [-0.1, -0.05) is 0 Å². The molecule has 0 spiro atoms. The van der Waals surface area contributed by atoms with E-state index in [2.05, 4.69) is 10.3 Å². The Labute approximate surface area is 158 Å². The van der Waals surface area contributed by atoms with Gasteiger partial charge in [-0.15, -0.1) is 0 Å². The van der Waals surface area contributed by atoms with Crippen molar-refractivity contribution < 1.29 is 14.0 Å². The highest BCUT2D eigenvalue weighted by atomic mass is 19.1. The fraction of sp³-hybridized carbons (Fsp3) is 0.450. The first-order chi connectivity index (χ1) is 13.1. The number of nitrogens with one attached hydrogen (secondary N) is 1. The lowest BCUT2D eigenvalue weighted by Gasteiger charge is -2.31. The summed E-state index contributed by atoms with van der Waals surface area (Å²) in [6, 6.07) is 5.58. The minimum absolute atomic E-state index is 0.0454. The highest BCUT2D eigenvalue weighted by molar-refractivity contribution is 5.94. The molecule has 0 saturated carbocycles. The van der Waals surface area contributed by atoms with Gasteiger partial charge in [-0.2, -0.15) is 0 Å². The third kappa shape index (κ3) is 5.39. The molecule has 3 rings (SSSR count). The smallest absolute Gasteiger partial charge is 0.253 e. The molecule has 2 heterocycles. The molecule has 1 aromatic carbocycles. The number of amides is 2. The molecule has 0 bridgehead atoms. The van der Waals surface area contributed by atoms with Crippen LogP contribution in [0.15, 0.2) is 43.0 Å². The predicted octanol–water partition coefficient (Wildman–Crippen LogP) is 2.47. The summed E-state index contributed by atoms with van der Waals surface area (Å²) in [5.74, 6) is -0.428. The Balaban J connectivity index is 1.35. The van der Waals surface area contributed by atoms with Gasteiger partial charge in [0.05, 0.1) is 6.33 Å². The van der Waals surface area contributed by atoms with E-state index in [1.807, 2.05) is 10.8 Å². The van der Waals surface area contributed by atoms with Gasteiger partial charge in [0, 0.05) is 50.1 Å². The lowest BCUT2D eigenvalue weighted by molar-refractivity contribution is -0.126. The van der Waals surface area contributed by atoms with Gasteiger partial charge in [0.1, 0.15) is 5.82 Å². The number of hydrogen-bond acceptors (Lipinski definition) is 3. The number of carbonyl (C=O) groups excluding carboxylic acids is 2. The van der Waals surface area contributed by atoms with Crippen molar-refractivity contribution >= 4 is 11.8 Å². The topological polar surface area (TPSA) is 67.2 Å². The van der Waals surface area contributed by atoms with Crippen LogP contribution in [0.2, 0.25) is 0 Å². The van der Waals surface area contributed by atoms with Gasteiger partial charge in [-0.25, -0.2) is 9.37 Å². The molecule has 144 valence electrons. The zero-order chi connectivity index (χ0) is 19.1. The van der Waals surface area contributed by atoms with Gasteiger partial charge in [-0.3, -0.25) is 9.59 Å². The normalized spacial score (nSPS) is 14.9. The molecule has 0 radical (unpaired) electrons. The molecule has 2 amide bonds. The summed E-state index contributed by atoms with van der Waals surface area (Å²) >= 11 is 0. The third-order valence-corrected chi connectivity index (χ3v) is 4.95. The number of likely N-dealkylation sites (tertiary alicyclic amines) is 1. The van der Waals surface area contributed by atoms with E-state index in [9.17, 15) is 14.0 Å². The molecule has 0 atom stereocenters. The second-order valence-corrected chi connectivity index (χ2v) is 6.87. The first-order valence-corrected chi connectivity index (χ1v) is 9.42. The Morgan fingerprint density at radius 1 is 1.15 bits per heavy atom. The van der Waals surface area contributed by atoms with Gasteiger partial charge in [0.2, 0.25) is 5.91 Å². The summed E-state index contributed by atoms with van der Waals surface area (Å²) in [7, 11) is 0. The number of halogens is 1. The van der Waals surface area contributed by atoms with E-state index < -0.39 is 0 Å². The van der Waals surface area contributed by atoms with E-state index >= 15 is 0 Å². The Morgan fingerprint density at radius 3 is 2.56 bits per heavy atom. The summed E-state index contributed by atoms with van der Waals surface area (Å²) in [5, 5.41) is 3.01. The molecule has 0 unspecified atom stereocenters. The van der Waals surface area contributed by atoms with Crippen molar-refractivity contribution in [2.45, 2.75) is 32.2 Å². The molecule has 1 aromatic heterocycles. The lowest BCUT2D eigenvalue weighted by atomic mass is 9.95. The Hall–Kier alpha value is -2.70. The maximum Gasteiger partial charge on any atom is 0.253 e. The number of nitrogens with zero attached hydrogens (tertiary/aromatic N) is 3. The maximum absolute atomic E-state index is 13.0. The molecule has 1 saturated heterocycles. The molecule has 1 fully saturated rings. The minimum atomic E-state index is -0.355. The second-order valence-electron chi connectivity index (χ2n) is 6.87. The number of piperidine rings is 1. The number of aryl methyl sites for hydroxylation is 1. The Kier molecular flexibility index (Phi) is 6.57. The summed E-state index contributed by atoms with van der Waals surface area (Å²) < 4.78 is 15.0. The molecule has 2 aromatic rings. The quantitative estimate of drug-likeness (QED) is 0.760. The number of benzene rings is 1. The van der Waals surface area contributed by atoms with Crippen LogP contribution in [0.1, 0.15) is 36.0 Å². The van der Waals surface area contributed by atoms with Crippen molar-refractivity contribution in [3.05, 3.63) is 54.4 Å². The number of aromatic nitrogens is 2. The van der Waals surface area contributed by atoms with Crippen LogP contribution in [0.4, 0.5) is 4.39 Å². The van der Waals surface area contributed by atoms with Crippen LogP contribution in [0.25, 0.3) is 0 Å². The fourth-order valence-corrected chi connectivity index (χ4v) is 3.31. The number of carbonyl (C=O) groups is 2. The van der Waals surface area contributed by atoms with Gasteiger partial charge in [-0.05, 0) is 49.9 Å². The highest BCUT2D eigenvalue weighted by Crippen LogP contribution is 2.19. The zero-order valence-corrected chi connectivity index (χ0v) is 15.3. The minimum Gasteiger partial charge on any atom is -0.356 e. The van der Waals surface area contributed by atoms with Crippen molar-refractivity contribution in [2.75, 3.05) is 19.6 Å². The number of imidazole rings is 1. The van der Waals surface area contributed by atoms with Crippen LogP contribution in [-0.2, 0) is 11.3 Å². The fourth-order valence-electron chi connectivity index (χ4n) is 3.31. The van der Waals surface area contributed by atoms with Gasteiger partial charge in [0.25, 0.3) is 5.91 Å². The molecular formula is C20H25FN4O2. The molecule has 27 heavy (non-hydrogen) atoms. The standard InChI is InChI=1S/C20H25FN4O2/c21-18-5-3-17(4-6-18)20(27)25-12-7-16(8-13-25)19(26)23-9-1-2-11-24-14-10-22-15-24/h3-6,10,14-16H,1-2,7-9,11-13H2,(H,23,26). The first kappa shape index (κ1) is 19.1. The third-order valence-electron chi connectivity index (χ3n) is 4.95. The van der Waals surface area contributed by atoms with Crippen molar-refractivity contribution in [3.8, 4) is 0 Å². The van der Waals surface area contributed by atoms with Crippen LogP contribution in [-0.4, -0.2) is 45.9 Å². The lowest BCUT2D eigenvalue weighted by Crippen LogP contribution is -2.43. The van der Waals surface area contributed by atoms with E-state index in [-0.39, 0.29) is 23.5 Å². The first-order valence-electron chi connectivity index (χ1n) is 9.42. The summed E-state index contributed by atoms with van der Waals surface area (Å²) in [6.07, 6.45) is 8.71. The molecule has 1 aliphatic rings. The van der Waals surface area contributed by atoms with Crippen LogP contribution >= 0.6 is 0 Å². The van der Waals surface area contributed by atoms with Crippen molar-refractivity contribution in [3.63, 3.8) is 0 Å². The van der Waals surface area contributed by atoms with E-state index in [0.717, 1.165) is 19.4 Å². The van der Waals surface area contributed by atoms with Crippen LogP contribution in [0.5, 0.6) is 0 Å². The second kappa shape index (κ2) is 9.30. The molecular weight excluding hydrogens is 347 g/mol. The maximum atomic E-state index is 13.0. The van der Waals surface area contributed by atoms with Gasteiger partial charge >= 0.3 is 0 Å². The monoisotopic (exact) mass is 372 g/mol. The Morgan fingerprint density at radius 2 is 1.89 bits per heavy atom. The average molecular weight is 372 g/mol. The summed E-state index contributed by atoms with van der Waals surface area (Å²) in [4.78, 5) is 30.5. The van der Waals surface area contributed by atoms with Crippen LogP contribution in [0, 0.1) is 11.7 Å². The summed E-state index contributed by atoms with van der Waals surface area (Å²) in [6.45, 7) is 2.67. The average Bonchev–Trinajstić information content (AvgIpc) is 3.21. The zero-order valence-electron chi connectivity index (χ0n) is 15.3. The Bertz CT molecular complexity index is 738. The largest absolute Gasteiger partial charge is 0.356 e. The molecule has 1 aliphatic heterocycles. The predicted molar refractivity (Wildman–Crippen MR) is 99.5 cm³/mol. The van der Waals surface area contributed by atoms with Crippen molar-refractivity contribution in [2.24, 2.45) is 5.92 Å². The molecule has 1 N–H and O–H groups in total. The van der Waals surface area contributed by atoms with Gasteiger partial charge in [0.15, 0.2) is 0 Å². The van der Waals surface area contributed by atoms with Crippen molar-refractivity contribution in [1.82, 2.24) is 19.8 Å². The van der Waals surface area contributed by atoms with E-state index in [1.165, 1.54) is 24.3 Å². The SMILES string of the molecule is O=C(NCCCCn1ccnc1)C1CCN(C(=O)c2ccc(F)cc2)CC1. The number of rotatable bonds is 7.